The number of rotatable bonds is 8. The molecule has 9 heteroatoms. The van der Waals surface area contributed by atoms with E-state index < -0.39 is 0 Å². The molecule has 0 spiro atoms. The number of pyridine rings is 1. The van der Waals surface area contributed by atoms with Crippen molar-refractivity contribution in [1.82, 2.24) is 15.0 Å². The van der Waals surface area contributed by atoms with Crippen LogP contribution in [-0.4, -0.2) is 54.1 Å². The zero-order valence-corrected chi connectivity index (χ0v) is 17.7. The number of nitrogens with zero attached hydrogens (tertiary/aromatic N) is 5. The maximum atomic E-state index is 5.92. The minimum atomic E-state index is 0.448. The van der Waals surface area contributed by atoms with Gasteiger partial charge in [0.1, 0.15) is 11.6 Å². The van der Waals surface area contributed by atoms with E-state index in [2.05, 4.69) is 30.4 Å². The van der Waals surface area contributed by atoms with Gasteiger partial charge < -0.3 is 18.8 Å². The van der Waals surface area contributed by atoms with Gasteiger partial charge in [-0.2, -0.15) is 10.1 Å². The van der Waals surface area contributed by atoms with Crippen molar-refractivity contribution < 1.29 is 13.9 Å². The molecule has 9 nitrogen and oxygen atoms in total. The number of aromatic nitrogens is 3. The van der Waals surface area contributed by atoms with Crippen LogP contribution in [0.1, 0.15) is 22.8 Å². The van der Waals surface area contributed by atoms with Gasteiger partial charge in [-0.1, -0.05) is 6.07 Å². The quantitative estimate of drug-likeness (QED) is 0.437. The third-order valence-corrected chi connectivity index (χ3v) is 4.90. The Labute approximate surface area is 181 Å². The number of hydrazone groups is 1. The zero-order valence-electron chi connectivity index (χ0n) is 17.7. The fraction of sp³-hybridized carbons (Fsp3) is 0.364. The number of anilines is 2. The van der Waals surface area contributed by atoms with E-state index in [-0.39, 0.29) is 0 Å². The van der Waals surface area contributed by atoms with Crippen LogP contribution >= 0.6 is 0 Å². The molecule has 1 aliphatic heterocycles. The lowest BCUT2D eigenvalue weighted by molar-refractivity contribution is 0.122. The summed E-state index contributed by atoms with van der Waals surface area (Å²) in [7, 11) is 0. The van der Waals surface area contributed by atoms with Crippen LogP contribution in [0.4, 0.5) is 11.7 Å². The first kappa shape index (κ1) is 20.8. The van der Waals surface area contributed by atoms with E-state index in [1.807, 2.05) is 44.2 Å². The lowest BCUT2D eigenvalue weighted by atomic mass is 10.3. The van der Waals surface area contributed by atoms with Gasteiger partial charge in [0.05, 0.1) is 26.0 Å². The molecule has 1 aliphatic rings. The predicted molar refractivity (Wildman–Crippen MR) is 118 cm³/mol. The van der Waals surface area contributed by atoms with Gasteiger partial charge in [0.2, 0.25) is 11.8 Å². The summed E-state index contributed by atoms with van der Waals surface area (Å²) in [5.74, 6) is 3.16. The van der Waals surface area contributed by atoms with Gasteiger partial charge in [-0.25, -0.2) is 10.4 Å². The van der Waals surface area contributed by atoms with E-state index in [1.165, 1.54) is 0 Å². The van der Waals surface area contributed by atoms with E-state index in [1.54, 1.807) is 12.4 Å². The summed E-state index contributed by atoms with van der Waals surface area (Å²) >= 11 is 0. The SMILES string of the molecule is Cc1cc(N/N=C/c2nc(OCCc3ccccn3)cc(N3CCOCC3)n2)oc1C. The molecule has 3 aromatic heterocycles. The molecular formula is C22H26N6O3. The average Bonchev–Trinajstić information content (AvgIpc) is 3.12. The van der Waals surface area contributed by atoms with Gasteiger partial charge in [0, 0.05) is 43.5 Å². The van der Waals surface area contributed by atoms with Crippen molar-refractivity contribution in [2.24, 2.45) is 5.10 Å². The van der Waals surface area contributed by atoms with Crippen LogP contribution < -0.4 is 15.1 Å². The topological polar surface area (TPSA) is 97.9 Å². The molecule has 0 aromatic carbocycles. The second kappa shape index (κ2) is 10.0. The summed E-state index contributed by atoms with van der Waals surface area (Å²) < 4.78 is 16.9. The van der Waals surface area contributed by atoms with Crippen molar-refractivity contribution in [2.75, 3.05) is 43.2 Å². The Kier molecular flexibility index (Phi) is 6.73. The van der Waals surface area contributed by atoms with Crippen LogP contribution in [-0.2, 0) is 11.2 Å². The Hall–Kier alpha value is -3.46. The van der Waals surface area contributed by atoms with Crippen molar-refractivity contribution in [1.29, 1.82) is 0 Å². The second-order valence-corrected chi connectivity index (χ2v) is 7.16. The molecule has 4 heterocycles. The molecule has 0 unspecified atom stereocenters. The second-order valence-electron chi connectivity index (χ2n) is 7.16. The van der Waals surface area contributed by atoms with E-state index in [0.29, 0.717) is 43.8 Å². The Morgan fingerprint density at radius 1 is 1.19 bits per heavy atom. The first-order valence-corrected chi connectivity index (χ1v) is 10.3. The Morgan fingerprint density at radius 3 is 2.81 bits per heavy atom. The molecule has 0 saturated carbocycles. The number of nitrogens with one attached hydrogen (secondary N) is 1. The number of hydrogen-bond acceptors (Lipinski definition) is 9. The highest BCUT2D eigenvalue weighted by Crippen LogP contribution is 2.20. The third kappa shape index (κ3) is 5.79. The smallest absolute Gasteiger partial charge is 0.219 e. The first-order valence-electron chi connectivity index (χ1n) is 10.3. The minimum Gasteiger partial charge on any atom is -0.477 e. The summed E-state index contributed by atoms with van der Waals surface area (Å²) in [4.78, 5) is 15.6. The van der Waals surface area contributed by atoms with Gasteiger partial charge >= 0.3 is 0 Å². The first-order chi connectivity index (χ1) is 15.2. The van der Waals surface area contributed by atoms with E-state index >= 15 is 0 Å². The van der Waals surface area contributed by atoms with Crippen LogP contribution in [0.5, 0.6) is 5.88 Å². The van der Waals surface area contributed by atoms with Crippen LogP contribution in [0, 0.1) is 13.8 Å². The highest BCUT2D eigenvalue weighted by atomic mass is 16.5. The van der Waals surface area contributed by atoms with Crippen LogP contribution in [0.2, 0.25) is 0 Å². The van der Waals surface area contributed by atoms with Crippen molar-refractivity contribution in [3.8, 4) is 5.88 Å². The molecule has 0 bridgehead atoms. The lowest BCUT2D eigenvalue weighted by Gasteiger charge is -2.28. The van der Waals surface area contributed by atoms with E-state index in [0.717, 1.165) is 35.9 Å². The third-order valence-electron chi connectivity index (χ3n) is 4.90. The molecule has 0 amide bonds. The fourth-order valence-corrected chi connectivity index (χ4v) is 3.10. The van der Waals surface area contributed by atoms with Crippen LogP contribution in [0.3, 0.4) is 0 Å². The molecule has 0 aliphatic carbocycles. The fourth-order valence-electron chi connectivity index (χ4n) is 3.10. The summed E-state index contributed by atoms with van der Waals surface area (Å²) in [6, 6.07) is 9.59. The minimum absolute atomic E-state index is 0.448. The zero-order chi connectivity index (χ0) is 21.5. The predicted octanol–water partition coefficient (Wildman–Crippen LogP) is 2.99. The summed E-state index contributed by atoms with van der Waals surface area (Å²) in [6.45, 7) is 7.24. The number of morpholine rings is 1. The van der Waals surface area contributed by atoms with Gasteiger partial charge in [0.15, 0.2) is 5.82 Å². The molecule has 31 heavy (non-hydrogen) atoms. The normalized spacial score (nSPS) is 14.2. The average molecular weight is 422 g/mol. The lowest BCUT2D eigenvalue weighted by Crippen LogP contribution is -2.37. The molecule has 1 saturated heterocycles. The number of ether oxygens (including phenoxy) is 2. The van der Waals surface area contributed by atoms with Gasteiger partial charge in [-0.05, 0) is 31.5 Å². The largest absolute Gasteiger partial charge is 0.477 e. The summed E-state index contributed by atoms with van der Waals surface area (Å²) in [5, 5.41) is 4.22. The molecule has 1 N–H and O–H groups in total. The molecule has 3 aromatic rings. The van der Waals surface area contributed by atoms with Crippen molar-refractivity contribution in [2.45, 2.75) is 20.3 Å². The number of furan rings is 1. The maximum Gasteiger partial charge on any atom is 0.219 e. The highest BCUT2D eigenvalue weighted by Gasteiger charge is 2.15. The van der Waals surface area contributed by atoms with Gasteiger partial charge in [-0.15, -0.1) is 0 Å². The van der Waals surface area contributed by atoms with Crippen molar-refractivity contribution >= 4 is 17.9 Å². The Morgan fingerprint density at radius 2 is 2.06 bits per heavy atom. The van der Waals surface area contributed by atoms with Crippen molar-refractivity contribution in [3.63, 3.8) is 0 Å². The Balaban J connectivity index is 1.47. The van der Waals surface area contributed by atoms with Gasteiger partial charge in [-0.3, -0.25) is 4.98 Å². The Bertz CT molecular complexity index is 996. The monoisotopic (exact) mass is 422 g/mol. The molecular weight excluding hydrogens is 396 g/mol. The van der Waals surface area contributed by atoms with Gasteiger partial charge in [0.25, 0.3) is 0 Å². The maximum absolute atomic E-state index is 5.92. The van der Waals surface area contributed by atoms with Crippen LogP contribution in [0.25, 0.3) is 0 Å². The van der Waals surface area contributed by atoms with Crippen LogP contribution in [0.15, 0.2) is 46.0 Å². The van der Waals surface area contributed by atoms with E-state index in [9.17, 15) is 0 Å². The number of hydrogen-bond donors (Lipinski definition) is 1. The molecule has 1 fully saturated rings. The summed E-state index contributed by atoms with van der Waals surface area (Å²) in [6.07, 6.45) is 4.03. The highest BCUT2D eigenvalue weighted by molar-refractivity contribution is 5.76. The number of aryl methyl sites for hydroxylation is 2. The molecule has 0 atom stereocenters. The standard InChI is InChI=1S/C22H26N6O3/c1-16-13-22(31-17(16)2)27-24-15-19-25-20(28-8-11-29-12-9-28)14-21(26-19)30-10-6-18-5-3-4-7-23-18/h3-5,7,13-15,27H,6,8-12H2,1-2H3/b24-15+. The summed E-state index contributed by atoms with van der Waals surface area (Å²) in [5.41, 5.74) is 4.91. The van der Waals surface area contributed by atoms with Crippen molar-refractivity contribution in [3.05, 3.63) is 59.4 Å². The molecule has 4 rings (SSSR count). The molecule has 0 radical (unpaired) electrons. The van der Waals surface area contributed by atoms with E-state index in [4.69, 9.17) is 13.9 Å². The molecule has 162 valence electrons.